The van der Waals surface area contributed by atoms with E-state index in [-0.39, 0.29) is 4.90 Å². The normalized spacial score (nSPS) is 17.6. The zero-order chi connectivity index (χ0) is 9.47. The van der Waals surface area contributed by atoms with Crippen molar-refractivity contribution in [2.45, 2.75) is 4.90 Å². The van der Waals surface area contributed by atoms with Crippen molar-refractivity contribution in [3.63, 3.8) is 0 Å². The van der Waals surface area contributed by atoms with E-state index in [1.165, 1.54) is 18.2 Å². The number of rotatable bonds is 0. The third kappa shape index (κ3) is 1.40. The standard InChI is InChI=1S/C7H5ClN2O2S/c8-5-1-2-7-6(3-5)9-4-10-13(7,11)12/h1-4H,(H,9,10). The third-order valence-corrected chi connectivity index (χ3v) is 3.20. The Morgan fingerprint density at radius 2 is 2.15 bits per heavy atom. The van der Waals surface area contributed by atoms with Crippen LogP contribution < -0.4 is 4.72 Å². The summed E-state index contributed by atoms with van der Waals surface area (Å²) in [6.45, 7) is 0. The minimum Gasteiger partial charge on any atom is -0.270 e. The summed E-state index contributed by atoms with van der Waals surface area (Å²) in [7, 11) is -3.42. The number of hydrogen-bond donors (Lipinski definition) is 1. The van der Waals surface area contributed by atoms with Gasteiger partial charge in [-0.1, -0.05) is 11.6 Å². The molecular weight excluding hydrogens is 212 g/mol. The van der Waals surface area contributed by atoms with Gasteiger partial charge in [0.2, 0.25) is 0 Å². The molecule has 13 heavy (non-hydrogen) atoms. The average Bonchev–Trinajstić information content (AvgIpc) is 2.02. The molecule has 0 atom stereocenters. The zero-order valence-electron chi connectivity index (χ0n) is 6.36. The van der Waals surface area contributed by atoms with Gasteiger partial charge in [0, 0.05) is 5.02 Å². The number of fused-ring (bicyclic) bond motifs is 1. The third-order valence-electron chi connectivity index (χ3n) is 1.62. The van der Waals surface area contributed by atoms with Gasteiger partial charge in [0.1, 0.15) is 11.2 Å². The fraction of sp³-hybridized carbons (Fsp3) is 0. The van der Waals surface area contributed by atoms with Gasteiger partial charge >= 0.3 is 0 Å². The molecule has 0 aromatic heterocycles. The molecular formula is C7H5ClN2O2S. The average molecular weight is 217 g/mol. The number of hydrogen-bond acceptors (Lipinski definition) is 3. The molecule has 1 aromatic rings. The molecule has 1 aliphatic heterocycles. The largest absolute Gasteiger partial charge is 0.270 e. The zero-order valence-corrected chi connectivity index (χ0v) is 7.93. The van der Waals surface area contributed by atoms with Crippen molar-refractivity contribution in [1.82, 2.24) is 4.72 Å². The summed E-state index contributed by atoms with van der Waals surface area (Å²) in [5.41, 5.74) is 0.367. The smallest absolute Gasteiger partial charge is 0.264 e. The first kappa shape index (κ1) is 8.52. The summed E-state index contributed by atoms with van der Waals surface area (Å²) in [6, 6.07) is 4.45. The van der Waals surface area contributed by atoms with Gasteiger partial charge < -0.3 is 0 Å². The van der Waals surface area contributed by atoms with E-state index in [1.807, 2.05) is 0 Å². The van der Waals surface area contributed by atoms with Crippen molar-refractivity contribution in [1.29, 1.82) is 0 Å². The number of sulfonamides is 1. The van der Waals surface area contributed by atoms with Crippen LogP contribution in [0, 0.1) is 0 Å². The van der Waals surface area contributed by atoms with E-state index in [4.69, 9.17) is 11.6 Å². The van der Waals surface area contributed by atoms with Gasteiger partial charge in [-0.25, -0.2) is 13.4 Å². The molecule has 1 aliphatic rings. The number of nitrogens with one attached hydrogen (secondary N) is 1. The van der Waals surface area contributed by atoms with Crippen LogP contribution in [0.3, 0.4) is 0 Å². The van der Waals surface area contributed by atoms with E-state index >= 15 is 0 Å². The van der Waals surface area contributed by atoms with Gasteiger partial charge in [-0.05, 0) is 18.2 Å². The van der Waals surface area contributed by atoms with E-state index in [0.29, 0.717) is 10.7 Å². The molecule has 1 aromatic carbocycles. The van der Waals surface area contributed by atoms with Crippen LogP contribution in [0.5, 0.6) is 0 Å². The van der Waals surface area contributed by atoms with Crippen LogP contribution in [0.15, 0.2) is 28.1 Å². The molecule has 4 nitrogen and oxygen atoms in total. The maximum Gasteiger partial charge on any atom is 0.264 e. The fourth-order valence-corrected chi connectivity index (χ4v) is 2.17. The number of aliphatic imine (C=N–C) groups is 1. The highest BCUT2D eigenvalue weighted by atomic mass is 35.5. The van der Waals surface area contributed by atoms with Crippen molar-refractivity contribution in [2.75, 3.05) is 0 Å². The van der Waals surface area contributed by atoms with E-state index in [0.717, 1.165) is 6.34 Å². The van der Waals surface area contributed by atoms with Gasteiger partial charge in [0.25, 0.3) is 10.0 Å². The Hall–Kier alpha value is -1.07. The molecule has 0 saturated carbocycles. The van der Waals surface area contributed by atoms with Gasteiger partial charge in [-0.2, -0.15) is 0 Å². The van der Waals surface area contributed by atoms with Crippen LogP contribution in [-0.4, -0.2) is 14.8 Å². The lowest BCUT2D eigenvalue weighted by atomic mass is 10.3. The van der Waals surface area contributed by atoms with Gasteiger partial charge in [0.15, 0.2) is 0 Å². The van der Waals surface area contributed by atoms with Gasteiger partial charge in [-0.15, -0.1) is 0 Å². The molecule has 1 N–H and O–H groups in total. The van der Waals surface area contributed by atoms with Crippen molar-refractivity contribution < 1.29 is 8.42 Å². The lowest BCUT2D eigenvalue weighted by Crippen LogP contribution is -2.24. The van der Waals surface area contributed by atoms with E-state index in [1.54, 1.807) is 0 Å². The predicted octanol–water partition coefficient (Wildman–Crippen LogP) is 1.29. The Balaban J connectivity index is 2.75. The maximum atomic E-state index is 11.3. The summed E-state index contributed by atoms with van der Waals surface area (Å²) in [6.07, 6.45) is 1.13. The van der Waals surface area contributed by atoms with Crippen molar-refractivity contribution in [2.24, 2.45) is 4.99 Å². The van der Waals surface area contributed by atoms with Gasteiger partial charge in [-0.3, -0.25) is 4.72 Å². The molecule has 0 fully saturated rings. The molecule has 0 aliphatic carbocycles. The first-order valence-electron chi connectivity index (χ1n) is 3.44. The highest BCUT2D eigenvalue weighted by Crippen LogP contribution is 2.28. The van der Waals surface area contributed by atoms with Crippen molar-refractivity contribution >= 4 is 33.7 Å². The minimum absolute atomic E-state index is 0.152. The second kappa shape index (κ2) is 2.71. The first-order valence-corrected chi connectivity index (χ1v) is 5.30. The maximum absolute atomic E-state index is 11.3. The van der Waals surface area contributed by atoms with Crippen LogP contribution in [0.25, 0.3) is 0 Å². The second-order valence-corrected chi connectivity index (χ2v) is 4.61. The topological polar surface area (TPSA) is 58.5 Å². The molecule has 68 valence electrons. The monoisotopic (exact) mass is 216 g/mol. The summed E-state index contributed by atoms with van der Waals surface area (Å²) < 4.78 is 24.8. The van der Waals surface area contributed by atoms with E-state index < -0.39 is 10.0 Å². The van der Waals surface area contributed by atoms with E-state index in [9.17, 15) is 8.42 Å². The van der Waals surface area contributed by atoms with E-state index in [2.05, 4.69) is 9.71 Å². The summed E-state index contributed by atoms with van der Waals surface area (Å²) in [5, 5.41) is 0.466. The molecule has 0 amide bonds. The summed E-state index contributed by atoms with van der Waals surface area (Å²) in [4.78, 5) is 4.00. The number of halogens is 1. The predicted molar refractivity (Wildman–Crippen MR) is 49.9 cm³/mol. The van der Waals surface area contributed by atoms with Crippen LogP contribution in [0.4, 0.5) is 5.69 Å². The molecule has 6 heteroatoms. The van der Waals surface area contributed by atoms with Crippen LogP contribution >= 0.6 is 11.6 Å². The molecule has 1 heterocycles. The van der Waals surface area contributed by atoms with Crippen molar-refractivity contribution in [3.05, 3.63) is 23.2 Å². The highest BCUT2D eigenvalue weighted by Gasteiger charge is 2.20. The Kier molecular flexibility index (Phi) is 1.78. The van der Waals surface area contributed by atoms with Crippen LogP contribution in [0.2, 0.25) is 5.02 Å². The van der Waals surface area contributed by atoms with Crippen molar-refractivity contribution in [3.8, 4) is 0 Å². The fourth-order valence-electron chi connectivity index (χ4n) is 1.05. The second-order valence-electron chi connectivity index (χ2n) is 2.49. The lowest BCUT2D eigenvalue weighted by molar-refractivity contribution is 0.592. The lowest BCUT2D eigenvalue weighted by Gasteiger charge is -2.11. The Morgan fingerprint density at radius 3 is 2.92 bits per heavy atom. The quantitative estimate of drug-likeness (QED) is 0.711. The molecule has 0 bridgehead atoms. The molecule has 0 spiro atoms. The van der Waals surface area contributed by atoms with Gasteiger partial charge in [0.05, 0.1) is 5.69 Å². The Bertz CT molecular complexity index is 481. The summed E-state index contributed by atoms with van der Waals surface area (Å²) in [5.74, 6) is 0. The SMILES string of the molecule is O=S1(=O)NC=Nc2cc(Cl)ccc21. The Labute approximate surface area is 80.3 Å². The molecule has 2 rings (SSSR count). The summed E-state index contributed by atoms with van der Waals surface area (Å²) >= 11 is 5.68. The molecule has 0 saturated heterocycles. The minimum atomic E-state index is -3.42. The number of nitrogens with zero attached hydrogens (tertiary/aromatic N) is 1. The van der Waals surface area contributed by atoms with Crippen LogP contribution in [0.1, 0.15) is 0 Å². The first-order chi connectivity index (χ1) is 6.09. The van der Waals surface area contributed by atoms with Crippen LogP contribution in [-0.2, 0) is 10.0 Å². The Morgan fingerprint density at radius 1 is 1.38 bits per heavy atom. The number of benzene rings is 1. The highest BCUT2D eigenvalue weighted by molar-refractivity contribution is 7.90. The molecule has 0 radical (unpaired) electrons. The molecule has 0 unspecified atom stereocenters.